The van der Waals surface area contributed by atoms with Crippen LogP contribution in [-0.2, 0) is 4.74 Å². The largest absolute Gasteiger partial charge is 0.375 e. The van der Waals surface area contributed by atoms with Crippen LogP contribution in [-0.4, -0.2) is 36.8 Å². The first-order chi connectivity index (χ1) is 9.84. The average molecular weight is 312 g/mol. The lowest BCUT2D eigenvalue weighted by molar-refractivity contribution is -0.108. The Labute approximate surface area is 135 Å². The average Bonchev–Trinajstić information content (AvgIpc) is 2.84. The van der Waals surface area contributed by atoms with Gasteiger partial charge in [0, 0.05) is 12.6 Å². The van der Waals surface area contributed by atoms with E-state index >= 15 is 0 Å². The Morgan fingerprint density at radius 3 is 2.24 bits per heavy atom. The Hall–Kier alpha value is 0.270. The molecule has 122 valence electrons. The number of hydrogen-bond donors (Lipinski definition) is 1. The molecule has 0 amide bonds. The van der Waals surface area contributed by atoms with E-state index in [2.05, 4.69) is 51.8 Å². The van der Waals surface area contributed by atoms with Crippen molar-refractivity contribution in [3.8, 4) is 0 Å². The zero-order valence-electron chi connectivity index (χ0n) is 14.5. The minimum absolute atomic E-state index is 0.215. The van der Waals surface area contributed by atoms with Crippen LogP contribution in [0.3, 0.4) is 0 Å². The molecule has 2 aliphatic heterocycles. The van der Waals surface area contributed by atoms with Gasteiger partial charge in [0.1, 0.15) is 0 Å². The van der Waals surface area contributed by atoms with Crippen molar-refractivity contribution in [1.29, 1.82) is 0 Å². The van der Waals surface area contributed by atoms with E-state index in [-0.39, 0.29) is 5.60 Å². The Morgan fingerprint density at radius 1 is 1.10 bits per heavy atom. The van der Waals surface area contributed by atoms with Crippen LogP contribution in [0.5, 0.6) is 0 Å². The van der Waals surface area contributed by atoms with Gasteiger partial charge in [0.2, 0.25) is 0 Å². The maximum atomic E-state index is 6.29. The number of thioether (sulfide) groups is 1. The van der Waals surface area contributed by atoms with Crippen molar-refractivity contribution < 1.29 is 4.74 Å². The van der Waals surface area contributed by atoms with Crippen LogP contribution in [0.4, 0.5) is 0 Å². The molecule has 1 aliphatic carbocycles. The molecule has 2 unspecified atom stereocenters. The molecular formula is C18H33NOS. The normalized spacial score (nSPS) is 35.6. The molecule has 3 rings (SSSR count). The molecule has 0 aromatic rings. The first-order valence-corrected chi connectivity index (χ1v) is 9.88. The number of nitrogens with one attached hydrogen (secondary N) is 1. The van der Waals surface area contributed by atoms with Gasteiger partial charge in [-0.25, -0.2) is 0 Å². The molecule has 2 saturated heterocycles. The first kappa shape index (κ1) is 16.1. The summed E-state index contributed by atoms with van der Waals surface area (Å²) in [5.74, 6) is 4.17. The predicted octanol–water partition coefficient (Wildman–Crippen LogP) is 3.95. The molecule has 0 bridgehead atoms. The van der Waals surface area contributed by atoms with Crippen LogP contribution in [0, 0.1) is 22.7 Å². The standard InChI is InChI=1S/C18H33NOS/c1-16(2)15(17(16,3)4)14(19-5)13-6-9-20-18(12-13)7-10-21-11-8-18/h13-15,19H,6-12H2,1-5H3. The number of rotatable bonds is 3. The number of hydrogen-bond acceptors (Lipinski definition) is 3. The molecule has 3 aliphatic rings. The minimum Gasteiger partial charge on any atom is -0.375 e. The molecule has 0 aromatic heterocycles. The van der Waals surface area contributed by atoms with Crippen LogP contribution in [0.1, 0.15) is 53.4 Å². The van der Waals surface area contributed by atoms with Crippen LogP contribution in [0.15, 0.2) is 0 Å². The van der Waals surface area contributed by atoms with Gasteiger partial charge < -0.3 is 10.1 Å². The van der Waals surface area contributed by atoms with Gasteiger partial charge >= 0.3 is 0 Å². The Kier molecular flexibility index (Phi) is 4.16. The molecule has 0 aromatic carbocycles. The zero-order chi connectivity index (χ0) is 15.3. The summed E-state index contributed by atoms with van der Waals surface area (Å²) in [6.07, 6.45) is 5.05. The highest BCUT2D eigenvalue weighted by Gasteiger charge is 2.68. The van der Waals surface area contributed by atoms with Gasteiger partial charge in [0.05, 0.1) is 5.60 Å². The van der Waals surface area contributed by atoms with Crippen LogP contribution >= 0.6 is 11.8 Å². The molecule has 2 atom stereocenters. The van der Waals surface area contributed by atoms with E-state index in [1.54, 1.807) is 0 Å². The van der Waals surface area contributed by atoms with Crippen molar-refractivity contribution in [3.05, 3.63) is 0 Å². The molecule has 2 heterocycles. The van der Waals surface area contributed by atoms with Gasteiger partial charge in [-0.05, 0) is 66.9 Å². The summed E-state index contributed by atoms with van der Waals surface area (Å²) >= 11 is 2.10. The molecule has 3 heteroatoms. The summed E-state index contributed by atoms with van der Waals surface area (Å²) in [6.45, 7) is 10.8. The van der Waals surface area contributed by atoms with E-state index in [1.165, 1.54) is 37.2 Å². The van der Waals surface area contributed by atoms with Crippen molar-refractivity contribution in [3.63, 3.8) is 0 Å². The maximum absolute atomic E-state index is 6.29. The van der Waals surface area contributed by atoms with E-state index in [9.17, 15) is 0 Å². The quantitative estimate of drug-likeness (QED) is 0.853. The van der Waals surface area contributed by atoms with Gasteiger partial charge in [0.25, 0.3) is 0 Å². The Balaban J connectivity index is 1.73. The lowest BCUT2D eigenvalue weighted by atomic mass is 9.76. The van der Waals surface area contributed by atoms with E-state index < -0.39 is 0 Å². The van der Waals surface area contributed by atoms with E-state index in [4.69, 9.17) is 4.74 Å². The smallest absolute Gasteiger partial charge is 0.0701 e. The molecular weight excluding hydrogens is 278 g/mol. The molecule has 21 heavy (non-hydrogen) atoms. The third-order valence-electron chi connectivity index (χ3n) is 7.27. The fourth-order valence-corrected chi connectivity index (χ4v) is 6.52. The summed E-state index contributed by atoms with van der Waals surface area (Å²) in [5.41, 5.74) is 1.15. The maximum Gasteiger partial charge on any atom is 0.0701 e. The fraction of sp³-hybridized carbons (Fsp3) is 1.00. The van der Waals surface area contributed by atoms with Crippen LogP contribution < -0.4 is 5.32 Å². The van der Waals surface area contributed by atoms with E-state index in [0.717, 1.165) is 18.4 Å². The van der Waals surface area contributed by atoms with Gasteiger partial charge in [-0.3, -0.25) is 0 Å². The van der Waals surface area contributed by atoms with Crippen molar-refractivity contribution in [2.24, 2.45) is 22.7 Å². The monoisotopic (exact) mass is 311 g/mol. The van der Waals surface area contributed by atoms with Gasteiger partial charge in [0.15, 0.2) is 0 Å². The molecule has 1 N–H and O–H groups in total. The second kappa shape index (κ2) is 5.42. The second-order valence-corrected chi connectivity index (χ2v) is 9.86. The topological polar surface area (TPSA) is 21.3 Å². The van der Waals surface area contributed by atoms with E-state index in [1.807, 2.05) is 0 Å². The predicted molar refractivity (Wildman–Crippen MR) is 91.9 cm³/mol. The summed E-state index contributed by atoms with van der Waals surface area (Å²) in [6, 6.07) is 0.658. The highest BCUT2D eigenvalue weighted by atomic mass is 32.2. The van der Waals surface area contributed by atoms with E-state index in [0.29, 0.717) is 16.9 Å². The molecule has 2 nitrogen and oxygen atoms in total. The summed E-state index contributed by atoms with van der Waals surface area (Å²) < 4.78 is 6.29. The zero-order valence-corrected chi connectivity index (χ0v) is 15.3. The van der Waals surface area contributed by atoms with Crippen LogP contribution in [0.25, 0.3) is 0 Å². The summed E-state index contributed by atoms with van der Waals surface area (Å²) in [7, 11) is 2.17. The van der Waals surface area contributed by atoms with Crippen molar-refractivity contribution in [2.45, 2.75) is 65.0 Å². The van der Waals surface area contributed by atoms with Gasteiger partial charge in [-0.15, -0.1) is 0 Å². The summed E-state index contributed by atoms with van der Waals surface area (Å²) in [4.78, 5) is 0. The SMILES string of the molecule is CNC(C1CCOC2(CCSCC2)C1)C1C(C)(C)C1(C)C. The lowest BCUT2D eigenvalue weighted by Crippen LogP contribution is -2.49. The highest BCUT2D eigenvalue weighted by molar-refractivity contribution is 7.99. The van der Waals surface area contributed by atoms with Gasteiger partial charge in [-0.1, -0.05) is 27.7 Å². The Morgan fingerprint density at radius 2 is 1.71 bits per heavy atom. The second-order valence-electron chi connectivity index (χ2n) is 8.63. The minimum atomic E-state index is 0.215. The summed E-state index contributed by atoms with van der Waals surface area (Å²) in [5, 5.41) is 3.71. The van der Waals surface area contributed by atoms with Gasteiger partial charge in [-0.2, -0.15) is 11.8 Å². The van der Waals surface area contributed by atoms with Crippen molar-refractivity contribution in [2.75, 3.05) is 25.2 Å². The number of ether oxygens (including phenoxy) is 1. The molecule has 1 saturated carbocycles. The third-order valence-corrected chi connectivity index (χ3v) is 8.25. The Bertz CT molecular complexity index is 367. The molecule has 1 spiro atoms. The fourth-order valence-electron chi connectivity index (χ4n) is 5.28. The third kappa shape index (κ3) is 2.57. The molecule has 3 fully saturated rings. The van der Waals surface area contributed by atoms with Crippen LogP contribution in [0.2, 0.25) is 0 Å². The van der Waals surface area contributed by atoms with Crippen molar-refractivity contribution in [1.82, 2.24) is 5.32 Å². The molecule has 0 radical (unpaired) electrons. The highest BCUT2D eigenvalue weighted by Crippen LogP contribution is 2.70. The van der Waals surface area contributed by atoms with Crippen molar-refractivity contribution >= 4 is 11.8 Å². The first-order valence-electron chi connectivity index (χ1n) is 8.73. The lowest BCUT2D eigenvalue weighted by Gasteiger charge is -2.45.